The van der Waals surface area contributed by atoms with Gasteiger partial charge in [0.25, 0.3) is 0 Å². The molecule has 0 heterocycles. The second-order valence-electron chi connectivity index (χ2n) is 5.10. The summed E-state index contributed by atoms with van der Waals surface area (Å²) in [4.78, 5) is 0. The lowest BCUT2D eigenvalue weighted by atomic mass is 10.00. The van der Waals surface area contributed by atoms with Gasteiger partial charge in [0.2, 0.25) is 0 Å². The van der Waals surface area contributed by atoms with E-state index in [1.807, 2.05) is 0 Å². The van der Waals surface area contributed by atoms with Crippen LogP contribution in [0.25, 0.3) is 6.08 Å². The lowest BCUT2D eigenvalue weighted by Gasteiger charge is -2.06. The molecule has 0 aromatic heterocycles. The minimum Gasteiger partial charge on any atom is -0.0649 e. The van der Waals surface area contributed by atoms with Crippen molar-refractivity contribution in [1.82, 2.24) is 0 Å². The fourth-order valence-electron chi connectivity index (χ4n) is 2.70. The van der Waals surface area contributed by atoms with Crippen molar-refractivity contribution < 1.29 is 0 Å². The summed E-state index contributed by atoms with van der Waals surface area (Å²) in [7, 11) is 0. The van der Waals surface area contributed by atoms with Gasteiger partial charge < -0.3 is 0 Å². The highest BCUT2D eigenvalue weighted by Gasteiger charge is 2.11. The average molecular weight is 234 g/mol. The Labute approximate surface area is 109 Å². The summed E-state index contributed by atoms with van der Waals surface area (Å²) in [5.41, 5.74) is 7.36. The molecule has 0 saturated heterocycles. The van der Waals surface area contributed by atoms with Crippen molar-refractivity contribution in [1.29, 1.82) is 0 Å². The van der Waals surface area contributed by atoms with Gasteiger partial charge in [-0.05, 0) is 48.4 Å². The Morgan fingerprint density at radius 2 is 1.67 bits per heavy atom. The van der Waals surface area contributed by atoms with E-state index in [1.54, 1.807) is 5.57 Å². The van der Waals surface area contributed by atoms with Gasteiger partial charge in [0.1, 0.15) is 0 Å². The number of hydrogen-bond donors (Lipinski definition) is 0. The Kier molecular flexibility index (Phi) is 3.02. The largest absolute Gasteiger partial charge is 0.0649 e. The molecule has 0 spiro atoms. The van der Waals surface area contributed by atoms with Gasteiger partial charge in [0, 0.05) is 0 Å². The number of allylic oxidation sites excluding steroid dienone is 1. The van der Waals surface area contributed by atoms with Crippen molar-refractivity contribution in [2.75, 3.05) is 0 Å². The molecule has 1 aliphatic rings. The van der Waals surface area contributed by atoms with E-state index < -0.39 is 0 Å². The summed E-state index contributed by atoms with van der Waals surface area (Å²) in [5.74, 6) is 0. The van der Waals surface area contributed by atoms with Gasteiger partial charge in [-0.3, -0.25) is 0 Å². The maximum atomic E-state index is 2.37. The topological polar surface area (TPSA) is 0 Å². The molecule has 1 aliphatic carbocycles. The number of hydrogen-bond acceptors (Lipinski definition) is 0. The SMILES string of the molecule is Cc1ccccc1CCC1=Cc2ccccc2C1. The molecule has 0 heteroatoms. The Morgan fingerprint density at radius 3 is 2.50 bits per heavy atom. The average Bonchev–Trinajstić information content (AvgIpc) is 2.80. The fourth-order valence-corrected chi connectivity index (χ4v) is 2.70. The molecule has 0 saturated carbocycles. The molecule has 0 bridgehead atoms. The van der Waals surface area contributed by atoms with Crippen LogP contribution in [0.3, 0.4) is 0 Å². The monoisotopic (exact) mass is 234 g/mol. The third-order valence-electron chi connectivity index (χ3n) is 3.81. The molecular weight excluding hydrogens is 216 g/mol. The van der Waals surface area contributed by atoms with Crippen LogP contribution in [-0.4, -0.2) is 0 Å². The highest BCUT2D eigenvalue weighted by molar-refractivity contribution is 5.63. The molecule has 2 aromatic rings. The van der Waals surface area contributed by atoms with Crippen LogP contribution in [0.15, 0.2) is 54.1 Å². The van der Waals surface area contributed by atoms with E-state index in [0.717, 1.165) is 12.8 Å². The van der Waals surface area contributed by atoms with Gasteiger partial charge in [-0.1, -0.05) is 60.2 Å². The normalized spacial score (nSPS) is 13.3. The van der Waals surface area contributed by atoms with E-state index in [-0.39, 0.29) is 0 Å². The van der Waals surface area contributed by atoms with Gasteiger partial charge >= 0.3 is 0 Å². The Hall–Kier alpha value is -1.82. The summed E-state index contributed by atoms with van der Waals surface area (Å²) in [6.45, 7) is 2.20. The molecule has 0 unspecified atom stereocenters. The maximum Gasteiger partial charge on any atom is -0.00577 e. The van der Waals surface area contributed by atoms with Crippen LogP contribution in [0.4, 0.5) is 0 Å². The summed E-state index contributed by atoms with van der Waals surface area (Å²) >= 11 is 0. The molecule has 3 rings (SSSR count). The second kappa shape index (κ2) is 4.81. The number of fused-ring (bicyclic) bond motifs is 1. The molecule has 0 aliphatic heterocycles. The van der Waals surface area contributed by atoms with Crippen LogP contribution < -0.4 is 0 Å². The molecule has 0 N–H and O–H groups in total. The highest BCUT2D eigenvalue weighted by Crippen LogP contribution is 2.27. The molecule has 18 heavy (non-hydrogen) atoms. The van der Waals surface area contributed by atoms with E-state index >= 15 is 0 Å². The third-order valence-corrected chi connectivity index (χ3v) is 3.81. The van der Waals surface area contributed by atoms with Crippen molar-refractivity contribution in [2.24, 2.45) is 0 Å². The first-order valence-electron chi connectivity index (χ1n) is 6.65. The summed E-state index contributed by atoms with van der Waals surface area (Å²) in [6, 6.07) is 17.4. The van der Waals surface area contributed by atoms with Gasteiger partial charge in [0.05, 0.1) is 0 Å². The zero-order chi connectivity index (χ0) is 12.4. The van der Waals surface area contributed by atoms with Crippen molar-refractivity contribution in [3.8, 4) is 0 Å². The molecule has 0 amide bonds. The third kappa shape index (κ3) is 2.24. The predicted octanol–water partition coefficient (Wildman–Crippen LogP) is 4.57. The number of benzene rings is 2. The molecule has 0 atom stereocenters. The summed E-state index contributed by atoms with van der Waals surface area (Å²) in [5, 5.41) is 0. The Bertz CT molecular complexity index is 590. The lowest BCUT2D eigenvalue weighted by Crippen LogP contribution is -1.92. The lowest BCUT2D eigenvalue weighted by molar-refractivity contribution is 0.910. The molecule has 90 valence electrons. The number of rotatable bonds is 3. The zero-order valence-corrected chi connectivity index (χ0v) is 10.8. The maximum absolute atomic E-state index is 2.37. The van der Waals surface area contributed by atoms with Crippen LogP contribution in [0.5, 0.6) is 0 Å². The van der Waals surface area contributed by atoms with Crippen molar-refractivity contribution >= 4 is 6.08 Å². The zero-order valence-electron chi connectivity index (χ0n) is 10.8. The Balaban J connectivity index is 1.69. The van der Waals surface area contributed by atoms with Gasteiger partial charge in [-0.15, -0.1) is 0 Å². The van der Waals surface area contributed by atoms with Crippen LogP contribution >= 0.6 is 0 Å². The van der Waals surface area contributed by atoms with Gasteiger partial charge in [-0.2, -0.15) is 0 Å². The van der Waals surface area contributed by atoms with Crippen molar-refractivity contribution in [3.05, 3.63) is 76.4 Å². The van der Waals surface area contributed by atoms with Crippen LogP contribution in [0.2, 0.25) is 0 Å². The molecular formula is C18H18. The van der Waals surface area contributed by atoms with E-state index in [4.69, 9.17) is 0 Å². The Morgan fingerprint density at radius 1 is 0.889 bits per heavy atom. The molecule has 0 fully saturated rings. The first kappa shape index (κ1) is 11.3. The van der Waals surface area contributed by atoms with Gasteiger partial charge in [-0.25, -0.2) is 0 Å². The minimum absolute atomic E-state index is 1.14. The van der Waals surface area contributed by atoms with E-state index in [0.29, 0.717) is 0 Å². The highest BCUT2D eigenvalue weighted by atomic mass is 14.2. The quantitative estimate of drug-likeness (QED) is 0.730. The van der Waals surface area contributed by atoms with E-state index in [1.165, 1.54) is 28.7 Å². The molecule has 2 aromatic carbocycles. The standard InChI is InChI=1S/C18H18/c1-14-6-2-3-7-16(14)11-10-15-12-17-8-4-5-9-18(17)13-15/h2-9,12H,10-11,13H2,1H3. The molecule has 0 nitrogen and oxygen atoms in total. The van der Waals surface area contributed by atoms with Crippen LogP contribution in [0, 0.1) is 6.92 Å². The van der Waals surface area contributed by atoms with Crippen molar-refractivity contribution in [2.45, 2.75) is 26.2 Å². The second-order valence-corrected chi connectivity index (χ2v) is 5.10. The number of aryl methyl sites for hydroxylation is 2. The molecule has 0 radical (unpaired) electrons. The van der Waals surface area contributed by atoms with E-state index in [9.17, 15) is 0 Å². The summed E-state index contributed by atoms with van der Waals surface area (Å²) < 4.78 is 0. The first-order chi connectivity index (χ1) is 8.83. The van der Waals surface area contributed by atoms with Gasteiger partial charge in [0.15, 0.2) is 0 Å². The smallest absolute Gasteiger partial charge is 0.00577 e. The predicted molar refractivity (Wildman–Crippen MR) is 77.6 cm³/mol. The van der Waals surface area contributed by atoms with Crippen LogP contribution in [0.1, 0.15) is 28.7 Å². The van der Waals surface area contributed by atoms with Crippen molar-refractivity contribution in [3.63, 3.8) is 0 Å². The summed E-state index contributed by atoms with van der Waals surface area (Å²) in [6.07, 6.45) is 5.85. The van der Waals surface area contributed by atoms with E-state index in [2.05, 4.69) is 61.5 Å². The fraction of sp³-hybridized carbons (Fsp3) is 0.222. The first-order valence-corrected chi connectivity index (χ1v) is 6.65. The minimum atomic E-state index is 1.14. The van der Waals surface area contributed by atoms with Crippen LogP contribution in [-0.2, 0) is 12.8 Å².